The predicted octanol–water partition coefficient (Wildman–Crippen LogP) is 4.42. The van der Waals surface area contributed by atoms with Crippen LogP contribution in [0.2, 0.25) is 5.02 Å². The van der Waals surface area contributed by atoms with Gasteiger partial charge in [-0.15, -0.1) is 0 Å². The third-order valence-corrected chi connectivity index (χ3v) is 6.42. The Hall–Kier alpha value is -2.44. The molecule has 0 saturated heterocycles. The van der Waals surface area contributed by atoms with Gasteiger partial charge in [-0.25, -0.2) is 0 Å². The number of aliphatic imine (C=N–C) groups is 1. The Balaban J connectivity index is 1.43. The number of benzene rings is 2. The molecular formula is C22H20ClN3O2S. The molecule has 5 nitrogen and oxygen atoms in total. The van der Waals surface area contributed by atoms with Crippen LogP contribution in [0.25, 0.3) is 5.70 Å². The highest BCUT2D eigenvalue weighted by Crippen LogP contribution is 2.45. The fourth-order valence-electron chi connectivity index (χ4n) is 3.93. The van der Waals surface area contributed by atoms with E-state index in [9.17, 15) is 4.79 Å². The number of carbonyl (C=O) groups excluding carboxylic acids is 1. The zero-order valence-electron chi connectivity index (χ0n) is 15.8. The first kappa shape index (κ1) is 18.6. The van der Waals surface area contributed by atoms with Crippen molar-refractivity contribution in [2.24, 2.45) is 4.99 Å². The third kappa shape index (κ3) is 3.51. The summed E-state index contributed by atoms with van der Waals surface area (Å²) in [5, 5.41) is 3.70. The van der Waals surface area contributed by atoms with Gasteiger partial charge < -0.3 is 14.5 Å². The molecule has 29 heavy (non-hydrogen) atoms. The molecule has 0 spiro atoms. The minimum absolute atomic E-state index is 0.0306. The van der Waals surface area contributed by atoms with Crippen LogP contribution in [0.5, 0.6) is 5.75 Å². The number of amides is 1. The van der Waals surface area contributed by atoms with E-state index in [1.54, 1.807) is 11.8 Å². The summed E-state index contributed by atoms with van der Waals surface area (Å²) in [5.74, 6) is 0.700. The van der Waals surface area contributed by atoms with Crippen LogP contribution in [0.4, 0.5) is 5.69 Å². The number of fused-ring (bicyclic) bond motifs is 2. The molecule has 0 radical (unpaired) electrons. The van der Waals surface area contributed by atoms with Crippen LogP contribution in [0.3, 0.4) is 0 Å². The van der Waals surface area contributed by atoms with E-state index in [0.29, 0.717) is 11.6 Å². The maximum absolute atomic E-state index is 12.6. The van der Waals surface area contributed by atoms with Gasteiger partial charge in [0.15, 0.2) is 17.5 Å². The zero-order chi connectivity index (χ0) is 19.8. The van der Waals surface area contributed by atoms with Gasteiger partial charge in [0.05, 0.1) is 17.9 Å². The Morgan fingerprint density at radius 3 is 2.93 bits per heavy atom. The fourth-order valence-corrected chi connectivity index (χ4v) is 5.10. The average molecular weight is 426 g/mol. The minimum Gasteiger partial charge on any atom is -0.481 e. The van der Waals surface area contributed by atoms with Gasteiger partial charge in [-0.1, -0.05) is 53.7 Å². The first-order chi connectivity index (χ1) is 14.2. The van der Waals surface area contributed by atoms with Gasteiger partial charge in [-0.05, 0) is 30.5 Å². The lowest BCUT2D eigenvalue weighted by Crippen LogP contribution is -2.40. The lowest BCUT2D eigenvalue weighted by Gasteiger charge is -2.32. The summed E-state index contributed by atoms with van der Waals surface area (Å²) < 4.78 is 5.91. The van der Waals surface area contributed by atoms with Crippen molar-refractivity contribution >= 4 is 45.8 Å². The maximum atomic E-state index is 12.6. The lowest BCUT2D eigenvalue weighted by atomic mass is 10.1. The SMILES string of the molecule is O=C1COc2c(C3=CSC4=NCCN34)cc(Cl)cc2N1CCCc1ccccc1. The van der Waals surface area contributed by atoms with Crippen molar-refractivity contribution in [3.8, 4) is 5.75 Å². The number of anilines is 1. The van der Waals surface area contributed by atoms with Crippen molar-refractivity contribution in [2.45, 2.75) is 12.8 Å². The quantitative estimate of drug-likeness (QED) is 0.711. The Kier molecular flexibility index (Phi) is 4.97. The van der Waals surface area contributed by atoms with Gasteiger partial charge in [0.2, 0.25) is 0 Å². The molecule has 7 heteroatoms. The van der Waals surface area contributed by atoms with Crippen molar-refractivity contribution in [3.63, 3.8) is 0 Å². The molecule has 0 fully saturated rings. The second-order valence-corrected chi connectivity index (χ2v) is 8.43. The monoisotopic (exact) mass is 425 g/mol. The number of thioether (sulfide) groups is 1. The number of ether oxygens (including phenoxy) is 1. The van der Waals surface area contributed by atoms with E-state index in [1.165, 1.54) is 5.56 Å². The summed E-state index contributed by atoms with van der Waals surface area (Å²) >= 11 is 8.09. The van der Waals surface area contributed by atoms with Crippen molar-refractivity contribution in [1.82, 2.24) is 4.90 Å². The summed E-state index contributed by atoms with van der Waals surface area (Å²) in [5.41, 5.74) is 4.00. The van der Waals surface area contributed by atoms with Gasteiger partial charge in [0.1, 0.15) is 0 Å². The number of hydrogen-bond acceptors (Lipinski definition) is 5. The van der Waals surface area contributed by atoms with Gasteiger partial charge in [0, 0.05) is 29.1 Å². The second-order valence-electron chi connectivity index (χ2n) is 7.16. The van der Waals surface area contributed by atoms with E-state index in [2.05, 4.69) is 27.4 Å². The molecule has 0 unspecified atom stereocenters. The molecule has 5 rings (SSSR count). The third-order valence-electron chi connectivity index (χ3n) is 5.30. The second kappa shape index (κ2) is 7.76. The minimum atomic E-state index is -0.0306. The van der Waals surface area contributed by atoms with Crippen LogP contribution in [-0.2, 0) is 11.2 Å². The number of carbonyl (C=O) groups is 1. The largest absolute Gasteiger partial charge is 0.481 e. The molecule has 0 aromatic heterocycles. The summed E-state index contributed by atoms with van der Waals surface area (Å²) in [6, 6.07) is 14.1. The Bertz CT molecular complexity index is 1020. The van der Waals surface area contributed by atoms with Crippen LogP contribution in [-0.4, -0.2) is 42.2 Å². The summed E-state index contributed by atoms with van der Waals surface area (Å²) in [4.78, 5) is 21.2. The van der Waals surface area contributed by atoms with E-state index in [1.807, 2.05) is 35.2 Å². The van der Waals surface area contributed by atoms with Crippen molar-refractivity contribution in [1.29, 1.82) is 0 Å². The molecule has 1 amide bonds. The lowest BCUT2D eigenvalue weighted by molar-refractivity contribution is -0.121. The Morgan fingerprint density at radius 2 is 2.07 bits per heavy atom. The van der Waals surface area contributed by atoms with Crippen molar-refractivity contribution in [2.75, 3.05) is 31.1 Å². The number of amidine groups is 1. The molecule has 0 saturated carbocycles. The zero-order valence-corrected chi connectivity index (χ0v) is 17.4. The molecule has 2 aromatic rings. The molecule has 0 bridgehead atoms. The highest BCUT2D eigenvalue weighted by Gasteiger charge is 2.33. The molecule has 0 atom stereocenters. The van der Waals surface area contributed by atoms with Crippen molar-refractivity contribution < 1.29 is 9.53 Å². The topological polar surface area (TPSA) is 45.1 Å². The molecule has 2 aromatic carbocycles. The average Bonchev–Trinajstić information content (AvgIpc) is 3.34. The number of nitrogens with zero attached hydrogens (tertiary/aromatic N) is 3. The van der Waals surface area contributed by atoms with E-state index in [4.69, 9.17) is 16.3 Å². The van der Waals surface area contributed by atoms with Gasteiger partial charge >= 0.3 is 0 Å². The highest BCUT2D eigenvalue weighted by atomic mass is 35.5. The van der Waals surface area contributed by atoms with Crippen LogP contribution in [0.1, 0.15) is 17.5 Å². The van der Waals surface area contributed by atoms with Crippen LogP contribution >= 0.6 is 23.4 Å². The highest BCUT2D eigenvalue weighted by molar-refractivity contribution is 8.16. The summed E-state index contributed by atoms with van der Waals surface area (Å²) in [6.07, 6.45) is 1.79. The van der Waals surface area contributed by atoms with Gasteiger partial charge in [0.25, 0.3) is 5.91 Å². The molecule has 3 aliphatic heterocycles. The number of aryl methyl sites for hydroxylation is 1. The standard InChI is InChI=1S/C22H20ClN3O2S/c23-16-11-17(19-14-29-22-24-8-10-26(19)22)21-18(12-16)25(20(27)13-28-21)9-4-7-15-5-2-1-3-6-15/h1-3,5-6,11-12,14H,4,7-10,13H2. The maximum Gasteiger partial charge on any atom is 0.265 e. The Labute approximate surface area is 179 Å². The molecule has 0 N–H and O–H groups in total. The Morgan fingerprint density at radius 1 is 1.21 bits per heavy atom. The smallest absolute Gasteiger partial charge is 0.265 e. The number of halogens is 1. The van der Waals surface area contributed by atoms with Crippen LogP contribution in [0, 0.1) is 0 Å². The summed E-state index contributed by atoms with van der Waals surface area (Å²) in [6.45, 7) is 2.34. The number of hydrogen-bond donors (Lipinski definition) is 0. The predicted molar refractivity (Wildman–Crippen MR) is 119 cm³/mol. The number of rotatable bonds is 5. The molecular weight excluding hydrogens is 406 g/mol. The van der Waals surface area contributed by atoms with E-state index < -0.39 is 0 Å². The van der Waals surface area contributed by atoms with E-state index in [0.717, 1.165) is 53.8 Å². The first-order valence-electron chi connectivity index (χ1n) is 9.70. The molecule has 3 aliphatic rings. The summed E-state index contributed by atoms with van der Waals surface area (Å²) in [7, 11) is 0. The van der Waals surface area contributed by atoms with Crippen molar-refractivity contribution in [3.05, 3.63) is 64.0 Å². The normalized spacial score (nSPS) is 17.6. The van der Waals surface area contributed by atoms with Crippen LogP contribution in [0.15, 0.2) is 52.9 Å². The molecule has 0 aliphatic carbocycles. The van der Waals surface area contributed by atoms with E-state index in [-0.39, 0.29) is 12.5 Å². The van der Waals surface area contributed by atoms with Gasteiger partial charge in [-0.3, -0.25) is 9.79 Å². The molecule has 148 valence electrons. The van der Waals surface area contributed by atoms with E-state index >= 15 is 0 Å². The van der Waals surface area contributed by atoms with Crippen LogP contribution < -0.4 is 9.64 Å². The van der Waals surface area contributed by atoms with Gasteiger partial charge in [-0.2, -0.15) is 0 Å². The fraction of sp³-hybridized carbons (Fsp3) is 0.273. The first-order valence-corrected chi connectivity index (χ1v) is 11.0. The molecule has 3 heterocycles.